The number of aryl methyl sites for hydroxylation is 2. The van der Waals surface area contributed by atoms with Gasteiger partial charge in [0.05, 0.1) is 6.33 Å². The van der Waals surface area contributed by atoms with Crippen molar-refractivity contribution in [1.29, 1.82) is 5.41 Å². The molecule has 0 fully saturated rings. The normalized spacial score (nSPS) is 10.6. The fraction of sp³-hybridized carbons (Fsp3) is 0.545. The molecule has 0 aliphatic heterocycles. The van der Waals surface area contributed by atoms with E-state index in [1.54, 1.807) is 22.7 Å². The maximum atomic E-state index is 7.82. The van der Waals surface area contributed by atoms with Crippen molar-refractivity contribution in [3.05, 3.63) is 11.9 Å². The van der Waals surface area contributed by atoms with E-state index in [0.717, 1.165) is 21.9 Å². The van der Waals surface area contributed by atoms with Crippen LogP contribution in [0.4, 0.5) is 0 Å². The summed E-state index contributed by atoms with van der Waals surface area (Å²) in [6.07, 6.45) is 4.12. The summed E-state index contributed by atoms with van der Waals surface area (Å²) < 4.78 is 3.68. The van der Waals surface area contributed by atoms with E-state index in [0.29, 0.717) is 0 Å². The summed E-state index contributed by atoms with van der Waals surface area (Å²) in [7, 11) is 3.79. The summed E-state index contributed by atoms with van der Waals surface area (Å²) in [6, 6.07) is 0. The molecule has 0 radical (unpaired) electrons. The van der Waals surface area contributed by atoms with Crippen molar-refractivity contribution >= 4 is 35.3 Å². The number of halogens is 1. The van der Waals surface area contributed by atoms with E-state index >= 15 is 0 Å². The number of hydrogen-bond acceptors (Lipinski definition) is 4. The van der Waals surface area contributed by atoms with Crippen LogP contribution in [0.3, 0.4) is 0 Å². The van der Waals surface area contributed by atoms with Crippen molar-refractivity contribution in [2.75, 3.05) is 5.75 Å². The van der Waals surface area contributed by atoms with Crippen molar-refractivity contribution in [3.63, 3.8) is 0 Å². The zero-order valence-electron chi connectivity index (χ0n) is 10.8. The molecule has 1 N–H and O–H groups in total. The summed E-state index contributed by atoms with van der Waals surface area (Å²) in [4.78, 5) is 8.66. The molecule has 2 aromatic rings. The molecular formula is C11H18ClN5S. The zero-order valence-corrected chi connectivity index (χ0v) is 12.4. The Balaban J connectivity index is 0.00000162. The second-order valence-corrected chi connectivity index (χ2v) is 5.11. The largest absolute Gasteiger partial charge is 0.330 e. The Hall–Kier alpha value is -1.01. The first kappa shape index (κ1) is 15.0. The molecule has 0 amide bonds. The maximum absolute atomic E-state index is 7.82. The van der Waals surface area contributed by atoms with Gasteiger partial charge >= 0.3 is 0 Å². The zero-order chi connectivity index (χ0) is 12.4. The number of nitrogens with zero attached hydrogens (tertiary/aromatic N) is 4. The van der Waals surface area contributed by atoms with Gasteiger partial charge in [0.15, 0.2) is 5.65 Å². The van der Waals surface area contributed by atoms with Crippen LogP contribution in [0.1, 0.15) is 19.8 Å². The summed E-state index contributed by atoms with van der Waals surface area (Å²) in [6.45, 7) is 2.18. The molecule has 7 heteroatoms. The average Bonchev–Trinajstić information content (AvgIpc) is 2.68. The Labute approximate surface area is 117 Å². The summed E-state index contributed by atoms with van der Waals surface area (Å²) in [5.74, 6) is 1.04. The monoisotopic (exact) mass is 287 g/mol. The minimum atomic E-state index is 0. The first-order valence-electron chi connectivity index (χ1n) is 5.70. The predicted octanol–water partition coefficient (Wildman–Crippen LogP) is 2.10. The number of thioether (sulfide) groups is 1. The molecule has 0 atom stereocenters. The van der Waals surface area contributed by atoms with Gasteiger partial charge < -0.3 is 4.57 Å². The van der Waals surface area contributed by atoms with Gasteiger partial charge in [-0.15, -0.1) is 24.2 Å². The molecule has 100 valence electrons. The van der Waals surface area contributed by atoms with Gasteiger partial charge in [0.2, 0.25) is 5.62 Å². The first-order valence-corrected chi connectivity index (χ1v) is 6.69. The Bertz CT molecular complexity index is 589. The Morgan fingerprint density at radius 2 is 2.11 bits per heavy atom. The molecule has 0 aromatic carbocycles. The van der Waals surface area contributed by atoms with Crippen molar-refractivity contribution in [2.24, 2.45) is 14.1 Å². The molecule has 0 saturated heterocycles. The first-order chi connectivity index (χ1) is 8.15. The second kappa shape index (κ2) is 6.24. The van der Waals surface area contributed by atoms with Gasteiger partial charge in [-0.05, 0) is 12.2 Å². The van der Waals surface area contributed by atoms with Crippen LogP contribution in [0.15, 0.2) is 11.4 Å². The third kappa shape index (κ3) is 2.70. The molecule has 0 aliphatic rings. The lowest BCUT2D eigenvalue weighted by Crippen LogP contribution is -2.21. The summed E-state index contributed by atoms with van der Waals surface area (Å²) in [5, 5.41) is 8.73. The SMILES string of the molecule is CCCCSc1nc(=N)n(C)c2ncn(C)c12.Cl. The van der Waals surface area contributed by atoms with E-state index < -0.39 is 0 Å². The van der Waals surface area contributed by atoms with Gasteiger partial charge in [-0.2, -0.15) is 0 Å². The predicted molar refractivity (Wildman–Crippen MR) is 76.2 cm³/mol. The van der Waals surface area contributed by atoms with E-state index in [4.69, 9.17) is 5.41 Å². The molecule has 18 heavy (non-hydrogen) atoms. The molecular weight excluding hydrogens is 270 g/mol. The van der Waals surface area contributed by atoms with E-state index in [-0.39, 0.29) is 18.0 Å². The topological polar surface area (TPSA) is 59.5 Å². The molecule has 0 saturated carbocycles. The lowest BCUT2D eigenvalue weighted by molar-refractivity contribution is 0.762. The van der Waals surface area contributed by atoms with Gasteiger partial charge in [0.25, 0.3) is 0 Å². The number of hydrogen-bond donors (Lipinski definition) is 1. The van der Waals surface area contributed by atoms with Crippen LogP contribution >= 0.6 is 24.2 Å². The molecule has 0 unspecified atom stereocenters. The number of aromatic nitrogens is 4. The third-order valence-electron chi connectivity index (χ3n) is 2.70. The van der Waals surface area contributed by atoms with Crippen molar-refractivity contribution < 1.29 is 0 Å². The summed E-state index contributed by atoms with van der Waals surface area (Å²) >= 11 is 1.71. The number of fused-ring (bicyclic) bond motifs is 1. The van der Waals surface area contributed by atoms with E-state index in [2.05, 4.69) is 16.9 Å². The minimum Gasteiger partial charge on any atom is -0.330 e. The Morgan fingerprint density at radius 3 is 2.78 bits per heavy atom. The number of imidazole rings is 1. The molecule has 0 bridgehead atoms. The van der Waals surface area contributed by atoms with Gasteiger partial charge in [-0.25, -0.2) is 9.97 Å². The number of rotatable bonds is 4. The maximum Gasteiger partial charge on any atom is 0.224 e. The van der Waals surface area contributed by atoms with Crippen LogP contribution in [-0.2, 0) is 14.1 Å². The average molecular weight is 288 g/mol. The Kier molecular flexibility index (Phi) is 5.22. The smallest absolute Gasteiger partial charge is 0.224 e. The molecule has 2 aromatic heterocycles. The molecule has 2 rings (SSSR count). The number of unbranched alkanes of at least 4 members (excludes halogenated alkanes) is 1. The quantitative estimate of drug-likeness (QED) is 0.532. The highest BCUT2D eigenvalue weighted by molar-refractivity contribution is 7.99. The van der Waals surface area contributed by atoms with Gasteiger partial charge in [0.1, 0.15) is 10.5 Å². The van der Waals surface area contributed by atoms with Crippen LogP contribution in [0.2, 0.25) is 0 Å². The highest BCUT2D eigenvalue weighted by Crippen LogP contribution is 2.23. The van der Waals surface area contributed by atoms with E-state index in [1.165, 1.54) is 12.8 Å². The van der Waals surface area contributed by atoms with Crippen LogP contribution < -0.4 is 5.62 Å². The Morgan fingerprint density at radius 1 is 1.39 bits per heavy atom. The van der Waals surface area contributed by atoms with Gasteiger partial charge in [0, 0.05) is 14.1 Å². The minimum absolute atomic E-state index is 0. The molecule has 0 spiro atoms. The number of nitrogens with one attached hydrogen (secondary N) is 1. The standard InChI is InChI=1S/C11H17N5S.ClH/c1-4-5-6-17-10-8-9(13-7-15(8)2)16(3)11(12)14-10;/h7,12H,4-6H2,1-3H3;1H. The highest BCUT2D eigenvalue weighted by Gasteiger charge is 2.11. The molecule has 2 heterocycles. The lowest BCUT2D eigenvalue weighted by atomic mass is 10.4. The van der Waals surface area contributed by atoms with Crippen LogP contribution in [-0.4, -0.2) is 24.9 Å². The van der Waals surface area contributed by atoms with E-state index in [1.807, 2.05) is 18.7 Å². The highest BCUT2D eigenvalue weighted by atomic mass is 35.5. The van der Waals surface area contributed by atoms with Crippen LogP contribution in [0, 0.1) is 5.41 Å². The van der Waals surface area contributed by atoms with Crippen molar-refractivity contribution in [3.8, 4) is 0 Å². The third-order valence-corrected chi connectivity index (χ3v) is 3.75. The fourth-order valence-corrected chi connectivity index (χ4v) is 2.80. The van der Waals surface area contributed by atoms with Crippen molar-refractivity contribution in [2.45, 2.75) is 24.8 Å². The molecule has 5 nitrogen and oxygen atoms in total. The fourth-order valence-electron chi connectivity index (χ4n) is 1.65. The van der Waals surface area contributed by atoms with Crippen molar-refractivity contribution in [1.82, 2.24) is 19.1 Å². The summed E-state index contributed by atoms with van der Waals surface area (Å²) in [5.41, 5.74) is 2.10. The van der Waals surface area contributed by atoms with Crippen LogP contribution in [0.25, 0.3) is 11.2 Å². The van der Waals surface area contributed by atoms with Crippen LogP contribution in [0.5, 0.6) is 0 Å². The van der Waals surface area contributed by atoms with Gasteiger partial charge in [-0.3, -0.25) is 9.98 Å². The van der Waals surface area contributed by atoms with Gasteiger partial charge in [-0.1, -0.05) is 13.3 Å². The second-order valence-electron chi connectivity index (χ2n) is 4.03. The molecule has 0 aliphatic carbocycles. The van der Waals surface area contributed by atoms with E-state index in [9.17, 15) is 0 Å². The lowest BCUT2D eigenvalue weighted by Gasteiger charge is -2.06.